The highest BCUT2D eigenvalue weighted by Gasteiger charge is 2.65. The lowest BCUT2D eigenvalue weighted by Crippen LogP contribution is -2.49. The van der Waals surface area contributed by atoms with Crippen molar-refractivity contribution in [3.63, 3.8) is 0 Å². The molecule has 0 unspecified atom stereocenters. The number of carbonyl (C=O) groups excluding carboxylic acids is 2. The molecule has 2 aliphatic rings. The molecule has 0 aromatic heterocycles. The second-order valence-corrected chi connectivity index (χ2v) is 11.9. The first-order valence-electron chi connectivity index (χ1n) is 12.3. The Morgan fingerprint density at radius 1 is 1.22 bits per heavy atom. The Kier molecular flexibility index (Phi) is 7.89. The molecule has 37 heavy (non-hydrogen) atoms. The van der Waals surface area contributed by atoms with Crippen molar-refractivity contribution >= 4 is 40.7 Å². The smallest absolute Gasteiger partial charge is 0.237 e. The van der Waals surface area contributed by atoms with Crippen molar-refractivity contribution in [1.29, 1.82) is 0 Å². The van der Waals surface area contributed by atoms with Gasteiger partial charge < -0.3 is 26.2 Å². The van der Waals surface area contributed by atoms with E-state index in [0.717, 1.165) is 0 Å². The van der Waals surface area contributed by atoms with Gasteiger partial charge in [0.1, 0.15) is 11.2 Å². The molecular weight excluding hydrogens is 520 g/mol. The number of rotatable bonds is 7. The van der Waals surface area contributed by atoms with Crippen LogP contribution < -0.4 is 16.0 Å². The van der Waals surface area contributed by atoms with Gasteiger partial charge in [-0.15, -0.1) is 0 Å². The number of halogens is 3. The first-order chi connectivity index (χ1) is 17.4. The van der Waals surface area contributed by atoms with Gasteiger partial charge in [-0.2, -0.15) is 0 Å². The summed E-state index contributed by atoms with van der Waals surface area (Å²) < 4.78 is 14.2. The molecule has 1 spiro atoms. The third-order valence-corrected chi connectivity index (χ3v) is 7.72. The van der Waals surface area contributed by atoms with Crippen molar-refractivity contribution < 1.29 is 24.2 Å². The lowest BCUT2D eigenvalue weighted by atomic mass is 9.62. The maximum Gasteiger partial charge on any atom is 0.237 e. The van der Waals surface area contributed by atoms with Gasteiger partial charge in [0.2, 0.25) is 11.8 Å². The molecule has 7 nitrogen and oxygen atoms in total. The van der Waals surface area contributed by atoms with Crippen molar-refractivity contribution in [2.24, 2.45) is 5.41 Å². The molecule has 0 radical (unpaired) electrons. The molecule has 2 aromatic carbocycles. The van der Waals surface area contributed by atoms with Gasteiger partial charge in [0.15, 0.2) is 0 Å². The van der Waals surface area contributed by atoms with E-state index in [2.05, 4.69) is 36.7 Å². The zero-order chi connectivity index (χ0) is 27.1. The molecule has 2 amide bonds. The Labute approximate surface area is 225 Å². The molecule has 5 atom stereocenters. The zero-order valence-corrected chi connectivity index (χ0v) is 22.5. The van der Waals surface area contributed by atoms with E-state index >= 15 is 0 Å². The number of carbonyl (C=O) groups is 2. The van der Waals surface area contributed by atoms with Crippen molar-refractivity contribution in [2.75, 3.05) is 18.5 Å². The van der Waals surface area contributed by atoms with E-state index in [0.29, 0.717) is 28.3 Å². The lowest BCUT2D eigenvalue weighted by Gasteiger charge is -2.37. The van der Waals surface area contributed by atoms with E-state index in [4.69, 9.17) is 28.3 Å². The Hall–Kier alpha value is -2.23. The summed E-state index contributed by atoms with van der Waals surface area (Å²) in [5.41, 5.74) is 0.412. The average Bonchev–Trinajstić information content (AvgIpc) is 3.29. The maximum atomic E-state index is 14.2. The molecule has 4 rings (SSSR count). The standard InChI is InChI=1S/C27H32Cl2FN3O4/c1-26(2,3)12-21-27(17-6-5-15(28)11-20(17)32-25(27)37)22(14-4-7-19(30)18(29)10-14)23(33-21)24(36)31-9-8-16(35)13-34/h4-7,10-11,16,21-23,33-35H,8-9,12-13H2,1-3H3,(H,31,36)(H,32,37)/t16-,21+,22-,23+,27-/m0/s1. The third kappa shape index (κ3) is 5.22. The number of nitrogens with one attached hydrogen (secondary N) is 3. The molecule has 5 N–H and O–H groups in total. The molecule has 1 saturated heterocycles. The Morgan fingerprint density at radius 3 is 2.59 bits per heavy atom. The van der Waals surface area contributed by atoms with E-state index in [1.165, 1.54) is 12.1 Å². The van der Waals surface area contributed by atoms with Gasteiger partial charge in [-0.3, -0.25) is 9.59 Å². The molecule has 0 saturated carbocycles. The molecule has 2 aliphatic heterocycles. The highest BCUT2D eigenvalue weighted by atomic mass is 35.5. The Balaban J connectivity index is 1.87. The van der Waals surface area contributed by atoms with Gasteiger partial charge in [0.25, 0.3) is 0 Å². The Bertz CT molecular complexity index is 1200. The zero-order valence-electron chi connectivity index (χ0n) is 20.9. The van der Waals surface area contributed by atoms with Crippen LogP contribution in [0.3, 0.4) is 0 Å². The number of benzene rings is 2. The van der Waals surface area contributed by atoms with E-state index in [1.54, 1.807) is 18.2 Å². The summed E-state index contributed by atoms with van der Waals surface area (Å²) in [4.78, 5) is 27.6. The first-order valence-corrected chi connectivity index (χ1v) is 13.0. The molecule has 2 aromatic rings. The summed E-state index contributed by atoms with van der Waals surface area (Å²) in [5, 5.41) is 28.4. The fourth-order valence-corrected chi connectivity index (χ4v) is 6.05. The second kappa shape index (κ2) is 10.5. The number of anilines is 1. The van der Waals surface area contributed by atoms with Gasteiger partial charge in [-0.1, -0.05) is 56.1 Å². The predicted molar refractivity (Wildman–Crippen MR) is 141 cm³/mol. The van der Waals surface area contributed by atoms with Crippen LogP contribution in [0.2, 0.25) is 10.0 Å². The fourth-order valence-electron chi connectivity index (χ4n) is 5.69. The molecule has 0 bridgehead atoms. The van der Waals surface area contributed by atoms with Crippen LogP contribution in [0.25, 0.3) is 0 Å². The summed E-state index contributed by atoms with van der Waals surface area (Å²) in [6.07, 6.45) is -0.234. The van der Waals surface area contributed by atoms with Crippen LogP contribution in [0.5, 0.6) is 0 Å². The Morgan fingerprint density at radius 2 is 1.95 bits per heavy atom. The predicted octanol–water partition coefficient (Wildman–Crippen LogP) is 3.74. The molecule has 2 heterocycles. The molecule has 1 fully saturated rings. The summed E-state index contributed by atoms with van der Waals surface area (Å²) in [5.74, 6) is -1.98. The van der Waals surface area contributed by atoms with Gasteiger partial charge >= 0.3 is 0 Å². The van der Waals surface area contributed by atoms with E-state index < -0.39 is 41.9 Å². The summed E-state index contributed by atoms with van der Waals surface area (Å²) in [6.45, 7) is 5.90. The van der Waals surface area contributed by atoms with Crippen molar-refractivity contribution in [3.8, 4) is 0 Å². The van der Waals surface area contributed by atoms with Crippen LogP contribution in [0.4, 0.5) is 10.1 Å². The minimum Gasteiger partial charge on any atom is -0.394 e. The number of aliphatic hydroxyl groups excluding tert-OH is 2. The van der Waals surface area contributed by atoms with Gasteiger partial charge in [-0.25, -0.2) is 4.39 Å². The van der Waals surface area contributed by atoms with Gasteiger partial charge in [0, 0.05) is 29.2 Å². The van der Waals surface area contributed by atoms with Crippen molar-refractivity contribution in [1.82, 2.24) is 10.6 Å². The molecule has 10 heteroatoms. The van der Waals surface area contributed by atoms with Crippen molar-refractivity contribution in [3.05, 3.63) is 63.4 Å². The van der Waals surface area contributed by atoms with E-state index in [-0.39, 0.29) is 35.2 Å². The van der Waals surface area contributed by atoms with Crippen molar-refractivity contribution in [2.45, 2.75) is 63.1 Å². The SMILES string of the molecule is CC(C)(C)C[C@H]1N[C@@H](C(=O)NCC[C@H](O)CO)[C@H](c2ccc(F)c(Cl)c2)[C@@]12C(=O)Nc1cc(Cl)ccc12. The number of hydrogen-bond acceptors (Lipinski definition) is 5. The monoisotopic (exact) mass is 551 g/mol. The van der Waals surface area contributed by atoms with E-state index in [1.807, 2.05) is 6.07 Å². The average molecular weight is 552 g/mol. The number of hydrogen-bond donors (Lipinski definition) is 5. The van der Waals surface area contributed by atoms with Gasteiger partial charge in [-0.05, 0) is 53.6 Å². The number of fused-ring (bicyclic) bond motifs is 2. The van der Waals surface area contributed by atoms with E-state index in [9.17, 15) is 19.1 Å². The lowest BCUT2D eigenvalue weighted by molar-refractivity contribution is -0.124. The number of amides is 2. The number of aliphatic hydroxyl groups is 2. The normalized spacial score (nSPS) is 25.7. The largest absolute Gasteiger partial charge is 0.394 e. The summed E-state index contributed by atoms with van der Waals surface area (Å²) >= 11 is 12.4. The van der Waals surface area contributed by atoms with Crippen LogP contribution in [0, 0.1) is 11.2 Å². The molecule has 200 valence electrons. The molecule has 0 aliphatic carbocycles. The van der Waals surface area contributed by atoms with Crippen LogP contribution in [-0.4, -0.2) is 53.4 Å². The summed E-state index contributed by atoms with van der Waals surface area (Å²) in [6, 6.07) is 8.17. The van der Waals surface area contributed by atoms with Crippen LogP contribution in [-0.2, 0) is 15.0 Å². The highest BCUT2D eigenvalue weighted by molar-refractivity contribution is 6.31. The van der Waals surface area contributed by atoms with Gasteiger partial charge in [0.05, 0.1) is 23.8 Å². The first kappa shape index (κ1) is 27.8. The van der Waals surface area contributed by atoms with Crippen LogP contribution in [0.1, 0.15) is 50.7 Å². The fraction of sp³-hybridized carbons (Fsp3) is 0.481. The third-order valence-electron chi connectivity index (χ3n) is 7.19. The highest BCUT2D eigenvalue weighted by Crippen LogP contribution is 2.56. The molecular formula is C27H32Cl2FN3O4. The minimum atomic E-state index is -1.21. The quantitative estimate of drug-likeness (QED) is 0.360. The van der Waals surface area contributed by atoms with Crippen LogP contribution in [0.15, 0.2) is 36.4 Å². The minimum absolute atomic E-state index is 0.105. The maximum absolute atomic E-state index is 14.2. The summed E-state index contributed by atoms with van der Waals surface area (Å²) in [7, 11) is 0. The second-order valence-electron chi connectivity index (χ2n) is 11.0. The van der Waals surface area contributed by atoms with Crippen LogP contribution >= 0.6 is 23.2 Å². The topological polar surface area (TPSA) is 111 Å².